The smallest absolute Gasteiger partial charge is 0.243 e. The number of halogens is 3. The van der Waals surface area contributed by atoms with Gasteiger partial charge in [-0.15, -0.1) is 12.4 Å². The predicted molar refractivity (Wildman–Crippen MR) is 90.5 cm³/mol. The SMILES string of the molecule is CNCCNC(=O)CCNS(=O)(=O)c1c(Cl)cccc1Cl.Cl. The molecule has 0 unspecified atom stereocenters. The molecule has 1 aromatic rings. The van der Waals surface area contributed by atoms with Gasteiger partial charge in [-0.2, -0.15) is 0 Å². The lowest BCUT2D eigenvalue weighted by Crippen LogP contribution is -2.34. The monoisotopic (exact) mass is 389 g/mol. The van der Waals surface area contributed by atoms with Crippen LogP contribution in [0.3, 0.4) is 0 Å². The topological polar surface area (TPSA) is 87.3 Å². The molecule has 0 saturated carbocycles. The van der Waals surface area contributed by atoms with Crippen molar-refractivity contribution in [3.05, 3.63) is 28.2 Å². The number of carbonyl (C=O) groups is 1. The molecular formula is C12H18Cl3N3O3S. The maximum atomic E-state index is 12.1. The van der Waals surface area contributed by atoms with Crippen LogP contribution in [0.5, 0.6) is 0 Å². The van der Waals surface area contributed by atoms with Gasteiger partial charge in [0, 0.05) is 26.1 Å². The van der Waals surface area contributed by atoms with E-state index in [-0.39, 0.29) is 46.2 Å². The zero-order valence-corrected chi connectivity index (χ0v) is 15.0. The molecule has 0 aliphatic rings. The second-order valence-corrected chi connectivity index (χ2v) is 6.67. The Labute approximate surface area is 146 Å². The first kappa shape index (κ1) is 21.4. The van der Waals surface area contributed by atoms with Crippen molar-refractivity contribution in [3.63, 3.8) is 0 Å². The minimum atomic E-state index is -3.85. The van der Waals surface area contributed by atoms with Crippen LogP contribution >= 0.6 is 35.6 Å². The fourth-order valence-corrected chi connectivity index (χ4v) is 3.70. The standard InChI is InChI=1S/C12H17Cl2N3O3S.ClH/c1-15-7-8-16-11(18)5-6-17-21(19,20)12-9(13)3-2-4-10(12)14;/h2-4,15,17H,5-8H2,1H3,(H,16,18);1H. The number of rotatable bonds is 8. The molecule has 1 amide bonds. The van der Waals surface area contributed by atoms with E-state index in [9.17, 15) is 13.2 Å². The van der Waals surface area contributed by atoms with Crippen LogP contribution in [-0.4, -0.2) is 41.0 Å². The molecule has 22 heavy (non-hydrogen) atoms. The lowest BCUT2D eigenvalue weighted by molar-refractivity contribution is -0.120. The van der Waals surface area contributed by atoms with Gasteiger partial charge in [-0.05, 0) is 19.2 Å². The van der Waals surface area contributed by atoms with Crippen LogP contribution in [0.4, 0.5) is 0 Å². The predicted octanol–water partition coefficient (Wildman–Crippen LogP) is 1.42. The van der Waals surface area contributed by atoms with Crippen LogP contribution in [-0.2, 0) is 14.8 Å². The largest absolute Gasteiger partial charge is 0.355 e. The highest BCUT2D eigenvalue weighted by molar-refractivity contribution is 7.89. The second kappa shape index (κ2) is 10.3. The number of sulfonamides is 1. The molecule has 10 heteroatoms. The Morgan fingerprint density at radius 2 is 1.73 bits per heavy atom. The van der Waals surface area contributed by atoms with Gasteiger partial charge in [0.25, 0.3) is 0 Å². The molecule has 0 spiro atoms. The molecule has 0 aromatic heterocycles. The van der Waals surface area contributed by atoms with E-state index in [4.69, 9.17) is 23.2 Å². The molecule has 0 atom stereocenters. The molecule has 126 valence electrons. The van der Waals surface area contributed by atoms with E-state index >= 15 is 0 Å². The van der Waals surface area contributed by atoms with Gasteiger partial charge in [0.2, 0.25) is 15.9 Å². The molecule has 0 aliphatic heterocycles. The first-order valence-corrected chi connectivity index (χ1v) is 8.47. The van der Waals surface area contributed by atoms with Crippen LogP contribution < -0.4 is 15.4 Å². The summed E-state index contributed by atoms with van der Waals surface area (Å²) in [4.78, 5) is 11.3. The van der Waals surface area contributed by atoms with Crippen LogP contribution in [0.2, 0.25) is 10.0 Å². The minimum Gasteiger partial charge on any atom is -0.355 e. The normalized spacial score (nSPS) is 10.9. The summed E-state index contributed by atoms with van der Waals surface area (Å²) in [5.41, 5.74) is 0. The van der Waals surface area contributed by atoms with Gasteiger partial charge in [-0.25, -0.2) is 13.1 Å². The van der Waals surface area contributed by atoms with E-state index < -0.39 is 10.0 Å². The fraction of sp³-hybridized carbons (Fsp3) is 0.417. The van der Waals surface area contributed by atoms with Crippen LogP contribution in [0.1, 0.15) is 6.42 Å². The zero-order valence-electron chi connectivity index (χ0n) is 11.9. The number of amides is 1. The van der Waals surface area contributed by atoms with Crippen molar-refractivity contribution >= 4 is 51.5 Å². The molecule has 3 N–H and O–H groups in total. The number of benzene rings is 1. The first-order valence-electron chi connectivity index (χ1n) is 6.23. The Balaban J connectivity index is 0.00000441. The van der Waals surface area contributed by atoms with E-state index in [0.29, 0.717) is 13.1 Å². The van der Waals surface area contributed by atoms with Crippen molar-refractivity contribution < 1.29 is 13.2 Å². The van der Waals surface area contributed by atoms with Crippen LogP contribution in [0.15, 0.2) is 23.1 Å². The van der Waals surface area contributed by atoms with Gasteiger partial charge in [0.1, 0.15) is 4.90 Å². The number of likely N-dealkylation sites (N-methyl/N-ethyl adjacent to an activating group) is 1. The molecule has 0 heterocycles. The van der Waals surface area contributed by atoms with Gasteiger partial charge >= 0.3 is 0 Å². The van der Waals surface area contributed by atoms with Crippen molar-refractivity contribution in [2.24, 2.45) is 0 Å². The highest BCUT2D eigenvalue weighted by Gasteiger charge is 2.21. The lowest BCUT2D eigenvalue weighted by atomic mass is 10.4. The third-order valence-corrected chi connectivity index (χ3v) is 4.94. The number of hydrogen-bond donors (Lipinski definition) is 3. The Kier molecular flexibility index (Phi) is 9.99. The van der Waals surface area contributed by atoms with Crippen LogP contribution in [0, 0.1) is 0 Å². The molecule has 0 radical (unpaired) electrons. The molecule has 0 aliphatic carbocycles. The highest BCUT2D eigenvalue weighted by atomic mass is 35.5. The molecule has 1 aromatic carbocycles. The molecule has 0 fully saturated rings. The zero-order chi connectivity index (χ0) is 15.9. The summed E-state index contributed by atoms with van der Waals surface area (Å²) >= 11 is 11.7. The Morgan fingerprint density at radius 1 is 1.14 bits per heavy atom. The van der Waals surface area contributed by atoms with Crippen molar-refractivity contribution in [1.29, 1.82) is 0 Å². The first-order chi connectivity index (χ1) is 9.88. The summed E-state index contributed by atoms with van der Waals surface area (Å²) in [7, 11) is -2.08. The van der Waals surface area contributed by atoms with Gasteiger partial charge in [-0.1, -0.05) is 29.3 Å². The second-order valence-electron chi connectivity index (χ2n) is 4.15. The third-order valence-electron chi connectivity index (χ3n) is 2.53. The minimum absolute atomic E-state index is 0. The van der Waals surface area contributed by atoms with Crippen molar-refractivity contribution in [1.82, 2.24) is 15.4 Å². The average Bonchev–Trinajstić information content (AvgIpc) is 2.38. The van der Waals surface area contributed by atoms with Gasteiger partial charge in [-0.3, -0.25) is 4.79 Å². The van der Waals surface area contributed by atoms with Gasteiger partial charge in [0.15, 0.2) is 0 Å². The average molecular weight is 391 g/mol. The van der Waals surface area contributed by atoms with Crippen LogP contribution in [0.25, 0.3) is 0 Å². The molecule has 6 nitrogen and oxygen atoms in total. The van der Waals surface area contributed by atoms with E-state index in [1.165, 1.54) is 12.1 Å². The fourth-order valence-electron chi connectivity index (χ4n) is 1.53. The lowest BCUT2D eigenvalue weighted by Gasteiger charge is -2.10. The third kappa shape index (κ3) is 6.68. The summed E-state index contributed by atoms with van der Waals surface area (Å²) in [6.07, 6.45) is 0.0328. The number of hydrogen-bond acceptors (Lipinski definition) is 4. The van der Waals surface area contributed by atoms with E-state index in [2.05, 4.69) is 15.4 Å². The summed E-state index contributed by atoms with van der Waals surface area (Å²) in [5, 5.41) is 5.60. The van der Waals surface area contributed by atoms with Gasteiger partial charge < -0.3 is 10.6 Å². The maximum absolute atomic E-state index is 12.1. The molecule has 0 bridgehead atoms. The molecular weight excluding hydrogens is 373 g/mol. The quantitative estimate of drug-likeness (QED) is 0.586. The van der Waals surface area contributed by atoms with Gasteiger partial charge in [0.05, 0.1) is 10.0 Å². The Hall–Kier alpha value is -0.570. The molecule has 0 saturated heterocycles. The Morgan fingerprint density at radius 3 is 2.27 bits per heavy atom. The summed E-state index contributed by atoms with van der Waals surface area (Å²) in [5.74, 6) is -0.238. The van der Waals surface area contributed by atoms with Crippen molar-refractivity contribution in [3.8, 4) is 0 Å². The van der Waals surface area contributed by atoms with E-state index in [1.54, 1.807) is 13.1 Å². The number of nitrogens with one attached hydrogen (secondary N) is 3. The Bertz CT molecular complexity index is 576. The summed E-state index contributed by atoms with van der Waals surface area (Å²) in [6.45, 7) is 1.10. The highest BCUT2D eigenvalue weighted by Crippen LogP contribution is 2.28. The number of carbonyl (C=O) groups excluding carboxylic acids is 1. The summed E-state index contributed by atoms with van der Waals surface area (Å²) < 4.78 is 26.5. The van der Waals surface area contributed by atoms with E-state index in [1.807, 2.05) is 0 Å². The maximum Gasteiger partial charge on any atom is 0.243 e. The van der Waals surface area contributed by atoms with E-state index in [0.717, 1.165) is 0 Å². The van der Waals surface area contributed by atoms with Crippen molar-refractivity contribution in [2.75, 3.05) is 26.7 Å². The molecule has 1 rings (SSSR count). The summed E-state index contributed by atoms with van der Waals surface area (Å²) in [6, 6.07) is 4.43. The van der Waals surface area contributed by atoms with Crippen molar-refractivity contribution in [2.45, 2.75) is 11.3 Å².